The van der Waals surface area contributed by atoms with Crippen LogP contribution >= 0.6 is 0 Å². The maximum absolute atomic E-state index is 11.7. The minimum Gasteiger partial charge on any atom is -0.465 e. The standard InChI is InChI=1S/C12H22N4O2/c1-4-6-10(12(17)18-5-2)13-8-7-11-15-14-9-16(11)3/h9-10,13H,4-8H2,1-3H3. The lowest BCUT2D eigenvalue weighted by molar-refractivity contribution is -0.145. The van der Waals surface area contributed by atoms with Crippen LogP contribution < -0.4 is 5.32 Å². The number of nitrogens with zero attached hydrogens (tertiary/aromatic N) is 3. The normalized spacial score (nSPS) is 12.4. The van der Waals surface area contributed by atoms with Gasteiger partial charge in [-0.15, -0.1) is 10.2 Å². The van der Waals surface area contributed by atoms with Gasteiger partial charge in [0, 0.05) is 20.0 Å². The van der Waals surface area contributed by atoms with Crippen LogP contribution in [0.3, 0.4) is 0 Å². The average Bonchev–Trinajstić information content (AvgIpc) is 2.74. The highest BCUT2D eigenvalue weighted by molar-refractivity contribution is 5.75. The first-order chi connectivity index (χ1) is 8.69. The molecule has 1 aromatic rings. The molecule has 18 heavy (non-hydrogen) atoms. The number of carbonyl (C=O) groups is 1. The maximum atomic E-state index is 11.7. The van der Waals surface area contributed by atoms with E-state index in [9.17, 15) is 4.79 Å². The number of esters is 1. The number of aryl methyl sites for hydroxylation is 1. The molecule has 0 aliphatic carbocycles. The summed E-state index contributed by atoms with van der Waals surface area (Å²) in [4.78, 5) is 11.7. The van der Waals surface area contributed by atoms with E-state index in [0.717, 1.165) is 25.1 Å². The van der Waals surface area contributed by atoms with Crippen LogP contribution in [0.25, 0.3) is 0 Å². The highest BCUT2D eigenvalue weighted by Crippen LogP contribution is 2.00. The molecule has 6 heteroatoms. The van der Waals surface area contributed by atoms with Gasteiger partial charge >= 0.3 is 5.97 Å². The molecule has 102 valence electrons. The van der Waals surface area contributed by atoms with E-state index < -0.39 is 0 Å². The van der Waals surface area contributed by atoms with Crippen molar-refractivity contribution in [2.24, 2.45) is 7.05 Å². The zero-order chi connectivity index (χ0) is 13.4. The molecule has 0 aromatic carbocycles. The number of aromatic nitrogens is 3. The molecular weight excluding hydrogens is 232 g/mol. The molecule has 1 atom stereocenters. The van der Waals surface area contributed by atoms with Gasteiger partial charge in [0.15, 0.2) is 0 Å². The van der Waals surface area contributed by atoms with Gasteiger partial charge in [-0.25, -0.2) is 0 Å². The van der Waals surface area contributed by atoms with E-state index in [-0.39, 0.29) is 12.0 Å². The summed E-state index contributed by atoms with van der Waals surface area (Å²) in [7, 11) is 1.91. The van der Waals surface area contributed by atoms with Gasteiger partial charge in [-0.1, -0.05) is 13.3 Å². The summed E-state index contributed by atoms with van der Waals surface area (Å²) < 4.78 is 6.91. The lowest BCUT2D eigenvalue weighted by Gasteiger charge is -2.16. The molecule has 1 heterocycles. The smallest absolute Gasteiger partial charge is 0.323 e. The Morgan fingerprint density at radius 3 is 2.89 bits per heavy atom. The van der Waals surface area contributed by atoms with Crippen LogP contribution in [0.1, 0.15) is 32.5 Å². The van der Waals surface area contributed by atoms with E-state index >= 15 is 0 Å². The van der Waals surface area contributed by atoms with Crippen molar-refractivity contribution in [3.63, 3.8) is 0 Å². The molecule has 0 spiro atoms. The van der Waals surface area contributed by atoms with Gasteiger partial charge in [-0.05, 0) is 13.3 Å². The van der Waals surface area contributed by atoms with Gasteiger partial charge in [0.05, 0.1) is 6.61 Å². The third-order valence-corrected chi connectivity index (χ3v) is 2.69. The molecule has 0 amide bonds. The van der Waals surface area contributed by atoms with Crippen molar-refractivity contribution < 1.29 is 9.53 Å². The molecule has 1 aromatic heterocycles. The highest BCUT2D eigenvalue weighted by atomic mass is 16.5. The molecule has 0 fully saturated rings. The Balaban J connectivity index is 2.37. The first-order valence-corrected chi connectivity index (χ1v) is 6.41. The first-order valence-electron chi connectivity index (χ1n) is 6.41. The van der Waals surface area contributed by atoms with Crippen molar-refractivity contribution in [1.82, 2.24) is 20.1 Å². The van der Waals surface area contributed by atoms with Gasteiger partial charge in [0.2, 0.25) is 0 Å². The summed E-state index contributed by atoms with van der Waals surface area (Å²) in [6.45, 7) is 4.98. The van der Waals surface area contributed by atoms with Gasteiger partial charge < -0.3 is 14.6 Å². The monoisotopic (exact) mass is 254 g/mol. The van der Waals surface area contributed by atoms with Gasteiger partial charge in [0.25, 0.3) is 0 Å². The number of ether oxygens (including phenoxy) is 1. The third-order valence-electron chi connectivity index (χ3n) is 2.69. The molecule has 0 radical (unpaired) electrons. The molecule has 0 bridgehead atoms. The van der Waals surface area contributed by atoms with Crippen molar-refractivity contribution in [2.75, 3.05) is 13.2 Å². The molecule has 1 unspecified atom stereocenters. The first kappa shape index (κ1) is 14.6. The van der Waals surface area contributed by atoms with E-state index in [0.29, 0.717) is 13.2 Å². The van der Waals surface area contributed by atoms with E-state index in [4.69, 9.17) is 4.74 Å². The molecule has 0 aliphatic rings. The fourth-order valence-corrected chi connectivity index (χ4v) is 1.73. The van der Waals surface area contributed by atoms with Crippen LogP contribution in [0.4, 0.5) is 0 Å². The van der Waals surface area contributed by atoms with Crippen molar-refractivity contribution in [2.45, 2.75) is 39.2 Å². The third kappa shape index (κ3) is 4.44. The Morgan fingerprint density at radius 2 is 2.33 bits per heavy atom. The number of nitrogens with one attached hydrogen (secondary N) is 1. The van der Waals surface area contributed by atoms with Crippen LogP contribution in [0.5, 0.6) is 0 Å². The predicted molar refractivity (Wildman–Crippen MR) is 68.0 cm³/mol. The summed E-state index contributed by atoms with van der Waals surface area (Å²) in [5.74, 6) is 0.735. The van der Waals surface area contributed by atoms with E-state index in [1.54, 1.807) is 6.33 Å². The van der Waals surface area contributed by atoms with Crippen molar-refractivity contribution in [1.29, 1.82) is 0 Å². The van der Waals surface area contributed by atoms with Crippen LogP contribution in [-0.4, -0.2) is 39.9 Å². The summed E-state index contributed by atoms with van der Waals surface area (Å²) >= 11 is 0. The Kier molecular flexibility index (Phi) is 6.35. The molecule has 1 rings (SSSR count). The summed E-state index contributed by atoms with van der Waals surface area (Å²) in [6.07, 6.45) is 4.15. The van der Waals surface area contributed by atoms with Gasteiger partial charge in [-0.2, -0.15) is 0 Å². The van der Waals surface area contributed by atoms with E-state index in [1.165, 1.54) is 0 Å². The van der Waals surface area contributed by atoms with Crippen LogP contribution in [0.15, 0.2) is 6.33 Å². The number of carbonyl (C=O) groups excluding carboxylic acids is 1. The van der Waals surface area contributed by atoms with Crippen molar-refractivity contribution in [3.05, 3.63) is 12.2 Å². The Bertz CT molecular complexity index is 365. The summed E-state index contributed by atoms with van der Waals surface area (Å²) in [6, 6.07) is -0.219. The lowest BCUT2D eigenvalue weighted by atomic mass is 10.1. The molecule has 6 nitrogen and oxygen atoms in total. The zero-order valence-electron chi connectivity index (χ0n) is 11.3. The molecular formula is C12H22N4O2. The molecule has 0 saturated heterocycles. The number of rotatable bonds is 8. The Morgan fingerprint density at radius 1 is 1.56 bits per heavy atom. The average molecular weight is 254 g/mol. The largest absolute Gasteiger partial charge is 0.465 e. The fraction of sp³-hybridized carbons (Fsp3) is 0.750. The van der Waals surface area contributed by atoms with E-state index in [2.05, 4.69) is 22.4 Å². The van der Waals surface area contributed by atoms with Crippen molar-refractivity contribution >= 4 is 5.97 Å². The molecule has 0 aliphatic heterocycles. The highest BCUT2D eigenvalue weighted by Gasteiger charge is 2.17. The van der Waals surface area contributed by atoms with Crippen molar-refractivity contribution in [3.8, 4) is 0 Å². The fourth-order valence-electron chi connectivity index (χ4n) is 1.73. The summed E-state index contributed by atoms with van der Waals surface area (Å²) in [5.41, 5.74) is 0. The second kappa shape index (κ2) is 7.81. The SMILES string of the molecule is CCCC(NCCc1nncn1C)C(=O)OCC. The molecule has 1 N–H and O–H groups in total. The minimum atomic E-state index is -0.219. The molecule has 0 saturated carbocycles. The topological polar surface area (TPSA) is 69.0 Å². The van der Waals surface area contributed by atoms with Crippen LogP contribution in [0, 0.1) is 0 Å². The zero-order valence-corrected chi connectivity index (χ0v) is 11.3. The second-order valence-electron chi connectivity index (χ2n) is 4.16. The Labute approximate surface area is 108 Å². The predicted octanol–water partition coefficient (Wildman–Crippen LogP) is 0.679. The Hall–Kier alpha value is -1.43. The van der Waals surface area contributed by atoms with Crippen LogP contribution in [-0.2, 0) is 23.0 Å². The lowest BCUT2D eigenvalue weighted by Crippen LogP contribution is -2.39. The summed E-state index contributed by atoms with van der Waals surface area (Å²) in [5, 5.41) is 11.0. The van der Waals surface area contributed by atoms with Gasteiger partial charge in [0.1, 0.15) is 18.2 Å². The van der Waals surface area contributed by atoms with Crippen LogP contribution in [0.2, 0.25) is 0 Å². The van der Waals surface area contributed by atoms with E-state index in [1.807, 2.05) is 18.5 Å². The quantitative estimate of drug-likeness (QED) is 0.691. The maximum Gasteiger partial charge on any atom is 0.323 e. The second-order valence-corrected chi connectivity index (χ2v) is 4.16. The number of hydrogen-bond donors (Lipinski definition) is 1. The van der Waals surface area contributed by atoms with Gasteiger partial charge in [-0.3, -0.25) is 4.79 Å². The number of hydrogen-bond acceptors (Lipinski definition) is 5. The minimum absolute atomic E-state index is 0.169.